The summed E-state index contributed by atoms with van der Waals surface area (Å²) < 4.78 is 5.28. The monoisotopic (exact) mass is 403 g/mol. The lowest BCUT2D eigenvalue weighted by atomic mass is 9.73. The number of hydrogen-bond acceptors (Lipinski definition) is 5. The number of carbonyl (C=O) groups excluding carboxylic acids is 2. The van der Waals surface area contributed by atoms with Crippen LogP contribution in [-0.4, -0.2) is 23.8 Å². The minimum absolute atomic E-state index is 0.0905. The molecule has 0 unspecified atom stereocenters. The van der Waals surface area contributed by atoms with Gasteiger partial charge in [0.05, 0.1) is 7.11 Å². The van der Waals surface area contributed by atoms with E-state index in [4.69, 9.17) is 4.74 Å². The molecule has 0 saturated carbocycles. The predicted octanol–water partition coefficient (Wildman–Crippen LogP) is 3.94. The van der Waals surface area contributed by atoms with Crippen molar-refractivity contribution in [2.45, 2.75) is 32.6 Å². The van der Waals surface area contributed by atoms with Crippen molar-refractivity contribution in [3.05, 3.63) is 76.8 Å². The first-order chi connectivity index (χ1) is 14.5. The fraction of sp³-hybridized carbons (Fsp3) is 0.292. The van der Waals surface area contributed by atoms with Gasteiger partial charge in [-0.25, -0.2) is 4.98 Å². The second-order valence-corrected chi connectivity index (χ2v) is 7.87. The van der Waals surface area contributed by atoms with Crippen molar-refractivity contribution < 1.29 is 14.3 Å². The van der Waals surface area contributed by atoms with E-state index in [-0.39, 0.29) is 17.6 Å². The summed E-state index contributed by atoms with van der Waals surface area (Å²) in [6, 6.07) is 12.9. The lowest BCUT2D eigenvalue weighted by Crippen LogP contribution is -2.37. The summed E-state index contributed by atoms with van der Waals surface area (Å²) >= 11 is 0. The van der Waals surface area contributed by atoms with Gasteiger partial charge in [-0.2, -0.15) is 0 Å². The topological polar surface area (TPSA) is 80.3 Å². The summed E-state index contributed by atoms with van der Waals surface area (Å²) in [6.07, 6.45) is 2.91. The highest BCUT2D eigenvalue weighted by atomic mass is 16.5. The molecule has 1 aromatic heterocycles. The van der Waals surface area contributed by atoms with Crippen molar-refractivity contribution >= 4 is 17.5 Å². The van der Waals surface area contributed by atoms with E-state index < -0.39 is 5.92 Å². The van der Waals surface area contributed by atoms with E-state index in [1.807, 2.05) is 37.3 Å². The average molecular weight is 403 g/mol. The summed E-state index contributed by atoms with van der Waals surface area (Å²) in [5, 5.41) is 6.23. The number of ketones is 1. The van der Waals surface area contributed by atoms with Crippen molar-refractivity contribution in [2.75, 3.05) is 12.4 Å². The van der Waals surface area contributed by atoms with Crippen LogP contribution < -0.4 is 15.4 Å². The number of hydrogen-bond donors (Lipinski definition) is 2. The molecule has 1 aliphatic heterocycles. The summed E-state index contributed by atoms with van der Waals surface area (Å²) in [7, 11) is 1.61. The number of rotatable bonds is 4. The number of anilines is 1. The van der Waals surface area contributed by atoms with Gasteiger partial charge in [0.25, 0.3) is 5.91 Å². The van der Waals surface area contributed by atoms with E-state index in [1.165, 1.54) is 0 Å². The number of carbonyl (C=O) groups is 2. The van der Waals surface area contributed by atoms with E-state index in [0.717, 1.165) is 29.1 Å². The van der Waals surface area contributed by atoms with E-state index in [2.05, 4.69) is 22.5 Å². The third-order valence-corrected chi connectivity index (χ3v) is 5.63. The normalized spacial score (nSPS) is 21.1. The van der Waals surface area contributed by atoms with Crippen LogP contribution in [0.25, 0.3) is 0 Å². The fourth-order valence-electron chi connectivity index (χ4n) is 4.28. The van der Waals surface area contributed by atoms with Crippen LogP contribution in [0, 0.1) is 5.92 Å². The molecule has 6 nitrogen and oxygen atoms in total. The smallest absolute Gasteiger partial charge is 0.255 e. The van der Waals surface area contributed by atoms with E-state index in [9.17, 15) is 9.59 Å². The molecule has 0 fully saturated rings. The van der Waals surface area contributed by atoms with E-state index in [1.54, 1.807) is 25.4 Å². The maximum atomic E-state index is 13.3. The Labute approximate surface area is 176 Å². The van der Waals surface area contributed by atoms with Gasteiger partial charge in [0.15, 0.2) is 5.78 Å². The standard InChI is InChI=1S/C24H25N3O3/c1-14-12-18-23(19(28)13-14)22(16-7-9-17(30-3)10-8-16)21(15(2)26-18)24(29)27-20-6-4-5-11-25-20/h4-11,14,22,26H,12-13H2,1-3H3,(H,25,27,29)/t14-,22+/m1/s1. The number of allylic oxidation sites excluding steroid dienone is 3. The first-order valence-corrected chi connectivity index (χ1v) is 10.1. The van der Waals surface area contributed by atoms with Gasteiger partial charge in [-0.05, 0) is 49.1 Å². The summed E-state index contributed by atoms with van der Waals surface area (Å²) in [5.74, 6) is 0.864. The third kappa shape index (κ3) is 3.73. The number of amides is 1. The van der Waals surface area contributed by atoms with Crippen molar-refractivity contribution in [3.63, 3.8) is 0 Å². The maximum Gasteiger partial charge on any atom is 0.255 e. The Morgan fingerprint density at radius 1 is 1.17 bits per heavy atom. The Hall–Kier alpha value is -3.41. The highest BCUT2D eigenvalue weighted by molar-refractivity contribution is 6.09. The number of nitrogens with zero attached hydrogens (tertiary/aromatic N) is 1. The maximum absolute atomic E-state index is 13.3. The Kier molecular flexibility index (Phi) is 5.40. The van der Waals surface area contributed by atoms with Crippen LogP contribution in [-0.2, 0) is 9.59 Å². The summed E-state index contributed by atoms with van der Waals surface area (Å²) in [4.78, 5) is 30.6. The predicted molar refractivity (Wildman–Crippen MR) is 115 cm³/mol. The Bertz CT molecular complexity index is 1040. The molecule has 1 aliphatic carbocycles. The Morgan fingerprint density at radius 3 is 2.60 bits per heavy atom. The van der Waals surface area contributed by atoms with Gasteiger partial charge >= 0.3 is 0 Å². The lowest BCUT2D eigenvalue weighted by molar-refractivity contribution is -0.117. The SMILES string of the molecule is COc1ccc([C@H]2C(C(=O)Nc3ccccn3)=C(C)NC3=C2C(=O)C[C@H](C)C3)cc1. The van der Waals surface area contributed by atoms with Gasteiger partial charge in [-0.3, -0.25) is 9.59 Å². The Morgan fingerprint density at radius 2 is 1.93 bits per heavy atom. The molecule has 6 heteroatoms. The van der Waals surface area contributed by atoms with Crippen molar-refractivity contribution in [1.29, 1.82) is 0 Å². The van der Waals surface area contributed by atoms with Crippen LogP contribution in [0.4, 0.5) is 5.82 Å². The molecular weight excluding hydrogens is 378 g/mol. The van der Waals surface area contributed by atoms with Crippen LogP contribution in [0.3, 0.4) is 0 Å². The van der Waals surface area contributed by atoms with Crippen molar-refractivity contribution in [2.24, 2.45) is 5.92 Å². The first kappa shape index (κ1) is 19.9. The van der Waals surface area contributed by atoms with Crippen LogP contribution >= 0.6 is 0 Å². The van der Waals surface area contributed by atoms with Gasteiger partial charge in [-0.1, -0.05) is 25.1 Å². The summed E-state index contributed by atoms with van der Waals surface area (Å²) in [5.41, 5.74) is 3.79. The molecule has 2 heterocycles. The molecule has 2 N–H and O–H groups in total. The highest BCUT2D eigenvalue weighted by Crippen LogP contribution is 2.43. The zero-order valence-electron chi connectivity index (χ0n) is 17.4. The number of nitrogens with one attached hydrogen (secondary N) is 2. The van der Waals surface area contributed by atoms with Gasteiger partial charge in [-0.15, -0.1) is 0 Å². The lowest BCUT2D eigenvalue weighted by Gasteiger charge is -2.36. The van der Waals surface area contributed by atoms with Crippen LogP contribution in [0.5, 0.6) is 5.75 Å². The highest BCUT2D eigenvalue weighted by Gasteiger charge is 2.39. The van der Waals surface area contributed by atoms with Crippen LogP contribution in [0.1, 0.15) is 38.2 Å². The summed E-state index contributed by atoms with van der Waals surface area (Å²) in [6.45, 7) is 3.96. The van der Waals surface area contributed by atoms with Crippen LogP contribution in [0.15, 0.2) is 71.2 Å². The van der Waals surface area contributed by atoms with Crippen LogP contribution in [0.2, 0.25) is 0 Å². The molecule has 2 aliphatic rings. The molecule has 2 atom stereocenters. The molecule has 1 amide bonds. The average Bonchev–Trinajstić information content (AvgIpc) is 2.73. The molecule has 1 aromatic carbocycles. The number of methoxy groups -OCH3 is 1. The quantitative estimate of drug-likeness (QED) is 0.808. The van der Waals surface area contributed by atoms with Gasteiger partial charge in [0, 0.05) is 41.1 Å². The fourth-order valence-corrected chi connectivity index (χ4v) is 4.28. The minimum Gasteiger partial charge on any atom is -0.497 e. The first-order valence-electron chi connectivity index (χ1n) is 10.1. The third-order valence-electron chi connectivity index (χ3n) is 5.63. The molecule has 4 rings (SSSR count). The number of Topliss-reactive ketones (excluding diaryl/α,β-unsaturated/α-hetero) is 1. The zero-order valence-corrected chi connectivity index (χ0v) is 17.4. The number of aromatic nitrogens is 1. The molecule has 2 aromatic rings. The second kappa shape index (κ2) is 8.14. The minimum atomic E-state index is -0.434. The van der Waals surface area contributed by atoms with Gasteiger partial charge < -0.3 is 15.4 Å². The molecule has 0 spiro atoms. The van der Waals surface area contributed by atoms with Gasteiger partial charge in [0.1, 0.15) is 11.6 Å². The second-order valence-electron chi connectivity index (χ2n) is 7.87. The molecule has 0 radical (unpaired) electrons. The number of ether oxygens (including phenoxy) is 1. The molecule has 0 saturated heterocycles. The van der Waals surface area contributed by atoms with E-state index >= 15 is 0 Å². The Balaban J connectivity index is 1.79. The molecule has 30 heavy (non-hydrogen) atoms. The number of pyridine rings is 1. The molecule has 154 valence electrons. The van der Waals surface area contributed by atoms with E-state index in [0.29, 0.717) is 23.4 Å². The molecule has 0 bridgehead atoms. The number of dihydropyridines is 1. The van der Waals surface area contributed by atoms with Crippen molar-refractivity contribution in [3.8, 4) is 5.75 Å². The van der Waals surface area contributed by atoms with Crippen molar-refractivity contribution in [1.82, 2.24) is 10.3 Å². The largest absolute Gasteiger partial charge is 0.497 e. The molecular formula is C24H25N3O3. The number of benzene rings is 1. The van der Waals surface area contributed by atoms with Gasteiger partial charge in [0.2, 0.25) is 0 Å². The zero-order chi connectivity index (χ0) is 21.3.